The molecular formula is C20H24F3N3O5S. The molecule has 3 aliphatic rings. The van der Waals surface area contributed by atoms with Crippen LogP contribution >= 0.6 is 0 Å². The number of nitrogens with zero attached hydrogens (tertiary/aromatic N) is 3. The van der Waals surface area contributed by atoms with Crippen LogP contribution in [-0.4, -0.2) is 60.8 Å². The molecule has 0 aromatic heterocycles. The van der Waals surface area contributed by atoms with Gasteiger partial charge in [0, 0.05) is 37.2 Å². The third kappa shape index (κ3) is 4.69. The fourth-order valence-electron chi connectivity index (χ4n) is 4.70. The molecule has 176 valence electrons. The largest absolute Gasteiger partial charge is 0.416 e. The fourth-order valence-corrected chi connectivity index (χ4v) is 6.41. The van der Waals surface area contributed by atoms with E-state index in [9.17, 15) is 36.5 Å². The van der Waals surface area contributed by atoms with Crippen LogP contribution < -0.4 is 4.90 Å². The smallest absolute Gasteiger partial charge is 0.366 e. The van der Waals surface area contributed by atoms with Crippen LogP contribution in [0.25, 0.3) is 0 Å². The standard InChI is InChI=1S/C20H24F3N3O5S/c21-20(22,23)14-1-4-17(18(11-14)26(28)29)24-8-5-13(6-9-24)19(27)25(15-2-3-15)16-7-10-32(30,31)12-16/h1,4,11,13,15-16H,2-3,5-10,12H2. The van der Waals surface area contributed by atoms with E-state index in [2.05, 4.69) is 0 Å². The summed E-state index contributed by atoms with van der Waals surface area (Å²) < 4.78 is 62.6. The zero-order valence-electron chi connectivity index (χ0n) is 17.3. The zero-order valence-corrected chi connectivity index (χ0v) is 18.1. The first-order chi connectivity index (χ1) is 15.0. The fraction of sp³-hybridized carbons (Fsp3) is 0.650. The molecule has 0 bridgehead atoms. The predicted molar refractivity (Wildman–Crippen MR) is 110 cm³/mol. The van der Waals surface area contributed by atoms with Crippen molar-refractivity contribution in [3.63, 3.8) is 0 Å². The molecule has 1 aliphatic carbocycles. The number of nitro groups is 1. The Labute approximate surface area is 183 Å². The number of alkyl halides is 3. The third-order valence-corrected chi connectivity index (χ3v) is 8.23. The lowest BCUT2D eigenvalue weighted by atomic mass is 9.93. The lowest BCUT2D eigenvalue weighted by molar-refractivity contribution is -0.384. The third-order valence-electron chi connectivity index (χ3n) is 6.48. The number of carbonyl (C=O) groups is 1. The molecule has 2 aliphatic heterocycles. The molecule has 4 rings (SSSR count). The zero-order chi connectivity index (χ0) is 23.3. The molecule has 0 N–H and O–H groups in total. The van der Waals surface area contributed by atoms with Crippen molar-refractivity contribution in [3.05, 3.63) is 33.9 Å². The van der Waals surface area contributed by atoms with Gasteiger partial charge in [0.25, 0.3) is 5.69 Å². The Kier molecular flexibility index (Phi) is 5.84. The number of hydrogen-bond donors (Lipinski definition) is 0. The molecule has 1 atom stereocenters. The van der Waals surface area contributed by atoms with Gasteiger partial charge in [-0.1, -0.05) is 0 Å². The summed E-state index contributed by atoms with van der Waals surface area (Å²) in [4.78, 5) is 27.2. The summed E-state index contributed by atoms with van der Waals surface area (Å²) in [6.45, 7) is 0.591. The Morgan fingerprint density at radius 1 is 1.09 bits per heavy atom. The van der Waals surface area contributed by atoms with Crippen LogP contribution in [0, 0.1) is 16.0 Å². The van der Waals surface area contributed by atoms with Crippen molar-refractivity contribution in [2.24, 2.45) is 5.92 Å². The molecule has 2 heterocycles. The summed E-state index contributed by atoms with van der Waals surface area (Å²) in [5.74, 6) is -0.324. The first kappa shape index (κ1) is 22.8. The maximum Gasteiger partial charge on any atom is 0.416 e. The van der Waals surface area contributed by atoms with Crippen LogP contribution in [0.2, 0.25) is 0 Å². The SMILES string of the molecule is O=C(C1CCN(c2ccc(C(F)(F)F)cc2[N+](=O)[O-])CC1)N(C1CC1)C1CCS(=O)(=O)C1. The van der Waals surface area contributed by atoms with E-state index < -0.39 is 32.2 Å². The number of rotatable bonds is 5. The van der Waals surface area contributed by atoms with Gasteiger partial charge in [-0.15, -0.1) is 0 Å². The molecular weight excluding hydrogens is 451 g/mol. The second-order valence-corrected chi connectivity index (χ2v) is 11.0. The second kappa shape index (κ2) is 8.20. The normalized spacial score (nSPS) is 23.8. The summed E-state index contributed by atoms with van der Waals surface area (Å²) in [7, 11) is -3.13. The topological polar surface area (TPSA) is 101 Å². The van der Waals surface area contributed by atoms with E-state index in [-0.39, 0.29) is 41.1 Å². The van der Waals surface area contributed by atoms with E-state index in [0.29, 0.717) is 38.4 Å². The van der Waals surface area contributed by atoms with Gasteiger partial charge in [-0.25, -0.2) is 8.42 Å². The van der Waals surface area contributed by atoms with E-state index in [1.165, 1.54) is 0 Å². The number of benzene rings is 1. The minimum atomic E-state index is -4.68. The number of piperidine rings is 1. The van der Waals surface area contributed by atoms with E-state index in [1.54, 1.807) is 9.80 Å². The highest BCUT2D eigenvalue weighted by atomic mass is 32.2. The molecule has 2 saturated heterocycles. The van der Waals surface area contributed by atoms with Gasteiger partial charge < -0.3 is 9.80 Å². The lowest BCUT2D eigenvalue weighted by Gasteiger charge is -2.37. The Morgan fingerprint density at radius 2 is 1.75 bits per heavy atom. The van der Waals surface area contributed by atoms with Crippen LogP contribution in [-0.2, 0) is 20.8 Å². The molecule has 3 fully saturated rings. The van der Waals surface area contributed by atoms with Crippen LogP contribution in [0.4, 0.5) is 24.5 Å². The number of hydrogen-bond acceptors (Lipinski definition) is 6. The molecule has 0 spiro atoms. The van der Waals surface area contributed by atoms with Crippen LogP contribution in [0.3, 0.4) is 0 Å². The van der Waals surface area contributed by atoms with Gasteiger partial charge in [-0.2, -0.15) is 13.2 Å². The molecule has 8 nitrogen and oxygen atoms in total. The van der Waals surface area contributed by atoms with Crippen molar-refractivity contribution in [2.75, 3.05) is 29.5 Å². The van der Waals surface area contributed by atoms with Crippen molar-refractivity contribution < 1.29 is 31.3 Å². The predicted octanol–water partition coefficient (Wildman–Crippen LogP) is 3.01. The molecule has 1 amide bonds. The van der Waals surface area contributed by atoms with Crippen molar-refractivity contribution in [3.8, 4) is 0 Å². The Bertz CT molecular complexity index is 1020. The molecule has 1 saturated carbocycles. The summed E-state index contributed by atoms with van der Waals surface area (Å²) in [5.41, 5.74) is -1.58. The number of halogens is 3. The van der Waals surface area contributed by atoms with Gasteiger partial charge in [0.2, 0.25) is 5.91 Å². The van der Waals surface area contributed by atoms with Gasteiger partial charge in [0.05, 0.1) is 22.0 Å². The Balaban J connectivity index is 1.46. The average molecular weight is 475 g/mol. The van der Waals surface area contributed by atoms with Crippen LogP contribution in [0.15, 0.2) is 18.2 Å². The van der Waals surface area contributed by atoms with Crippen molar-refractivity contribution in [1.82, 2.24) is 4.90 Å². The van der Waals surface area contributed by atoms with Gasteiger partial charge in [0.15, 0.2) is 9.84 Å². The highest BCUT2D eigenvalue weighted by molar-refractivity contribution is 7.91. The maximum atomic E-state index is 13.2. The van der Waals surface area contributed by atoms with E-state index in [0.717, 1.165) is 25.0 Å². The summed E-state index contributed by atoms with van der Waals surface area (Å²) in [6.07, 6.45) is -1.71. The Morgan fingerprint density at radius 3 is 2.25 bits per heavy atom. The molecule has 0 radical (unpaired) electrons. The summed E-state index contributed by atoms with van der Waals surface area (Å²) in [5, 5.41) is 11.4. The number of nitro benzene ring substituents is 1. The quantitative estimate of drug-likeness (QED) is 0.479. The van der Waals surface area contributed by atoms with Crippen molar-refractivity contribution in [1.29, 1.82) is 0 Å². The van der Waals surface area contributed by atoms with Gasteiger partial charge in [-0.05, 0) is 44.2 Å². The number of anilines is 1. The van der Waals surface area contributed by atoms with Gasteiger partial charge >= 0.3 is 6.18 Å². The highest BCUT2D eigenvalue weighted by Gasteiger charge is 2.44. The second-order valence-electron chi connectivity index (χ2n) is 8.75. The lowest BCUT2D eigenvalue weighted by Crippen LogP contribution is -2.48. The summed E-state index contributed by atoms with van der Waals surface area (Å²) in [6, 6.07) is 2.27. The van der Waals surface area contributed by atoms with Crippen molar-refractivity contribution >= 4 is 27.1 Å². The van der Waals surface area contributed by atoms with Gasteiger partial charge in [-0.3, -0.25) is 14.9 Å². The average Bonchev–Trinajstić information content (AvgIpc) is 3.49. The summed E-state index contributed by atoms with van der Waals surface area (Å²) >= 11 is 0. The maximum absolute atomic E-state index is 13.2. The van der Waals surface area contributed by atoms with Gasteiger partial charge in [0.1, 0.15) is 5.69 Å². The van der Waals surface area contributed by atoms with Crippen molar-refractivity contribution in [2.45, 2.75) is 50.4 Å². The number of sulfone groups is 1. The molecule has 12 heteroatoms. The first-order valence-corrected chi connectivity index (χ1v) is 12.4. The van der Waals surface area contributed by atoms with Crippen LogP contribution in [0.1, 0.15) is 37.7 Å². The minimum Gasteiger partial charge on any atom is -0.366 e. The molecule has 1 unspecified atom stereocenters. The molecule has 1 aromatic carbocycles. The first-order valence-electron chi connectivity index (χ1n) is 10.6. The number of amides is 1. The van der Waals surface area contributed by atoms with E-state index in [4.69, 9.17) is 0 Å². The Hall–Kier alpha value is -2.37. The van der Waals surface area contributed by atoms with Crippen LogP contribution in [0.5, 0.6) is 0 Å². The molecule has 32 heavy (non-hydrogen) atoms. The number of carbonyl (C=O) groups excluding carboxylic acids is 1. The molecule has 1 aromatic rings. The highest BCUT2D eigenvalue weighted by Crippen LogP contribution is 2.39. The van der Waals surface area contributed by atoms with E-state index >= 15 is 0 Å². The minimum absolute atomic E-state index is 0.00810. The monoisotopic (exact) mass is 475 g/mol. The van der Waals surface area contributed by atoms with E-state index in [1.807, 2.05) is 0 Å².